The maximum absolute atomic E-state index is 14.0. The lowest BCUT2D eigenvalue weighted by Crippen LogP contribution is -2.13. The Hall–Kier alpha value is -2.73. The standard InChI is InChI=1S/C21H19F2NO2S/c1-3-15-5-4-6-17(12-15)24-27(25,26)18-8-10-19(14(2)11-18)20-9-7-16(22)13-21(20)23/h4-13,24H,3H2,1-2H3. The molecule has 0 unspecified atom stereocenters. The van der Waals surface area contributed by atoms with Crippen molar-refractivity contribution < 1.29 is 17.2 Å². The molecule has 0 aliphatic rings. The molecule has 0 aromatic heterocycles. The summed E-state index contributed by atoms with van der Waals surface area (Å²) >= 11 is 0. The molecule has 0 bridgehead atoms. The average Bonchev–Trinajstić information content (AvgIpc) is 2.62. The van der Waals surface area contributed by atoms with Crippen molar-refractivity contribution in [2.75, 3.05) is 4.72 Å². The zero-order chi connectivity index (χ0) is 19.6. The first-order chi connectivity index (χ1) is 12.8. The van der Waals surface area contributed by atoms with Gasteiger partial charge in [-0.05, 0) is 66.4 Å². The monoisotopic (exact) mass is 387 g/mol. The Morgan fingerprint density at radius 1 is 0.926 bits per heavy atom. The number of sulfonamides is 1. The molecule has 0 saturated carbocycles. The largest absolute Gasteiger partial charge is 0.280 e. The number of hydrogen-bond donors (Lipinski definition) is 1. The number of aryl methyl sites for hydroxylation is 2. The molecule has 3 rings (SSSR count). The van der Waals surface area contributed by atoms with E-state index in [0.717, 1.165) is 18.1 Å². The molecule has 27 heavy (non-hydrogen) atoms. The van der Waals surface area contributed by atoms with Gasteiger partial charge in [0.15, 0.2) is 0 Å². The summed E-state index contributed by atoms with van der Waals surface area (Å²) in [5, 5.41) is 0. The van der Waals surface area contributed by atoms with Crippen LogP contribution in [0.1, 0.15) is 18.1 Å². The number of anilines is 1. The van der Waals surface area contributed by atoms with E-state index in [9.17, 15) is 17.2 Å². The molecule has 3 aromatic rings. The van der Waals surface area contributed by atoms with Gasteiger partial charge in [0.1, 0.15) is 11.6 Å². The van der Waals surface area contributed by atoms with Gasteiger partial charge in [0, 0.05) is 17.3 Å². The topological polar surface area (TPSA) is 46.2 Å². The van der Waals surface area contributed by atoms with Gasteiger partial charge in [0.2, 0.25) is 0 Å². The lowest BCUT2D eigenvalue weighted by Gasteiger charge is -2.12. The average molecular weight is 387 g/mol. The second-order valence-corrected chi connectivity index (χ2v) is 7.94. The molecule has 0 radical (unpaired) electrons. The first-order valence-electron chi connectivity index (χ1n) is 8.48. The van der Waals surface area contributed by atoms with Crippen molar-refractivity contribution in [2.45, 2.75) is 25.2 Å². The van der Waals surface area contributed by atoms with Gasteiger partial charge in [-0.15, -0.1) is 0 Å². The molecule has 140 valence electrons. The van der Waals surface area contributed by atoms with Crippen molar-refractivity contribution in [3.05, 3.63) is 83.4 Å². The molecule has 0 aliphatic heterocycles. The molecule has 0 fully saturated rings. The molecular weight excluding hydrogens is 368 g/mol. The third kappa shape index (κ3) is 4.17. The summed E-state index contributed by atoms with van der Waals surface area (Å²) in [7, 11) is -3.78. The smallest absolute Gasteiger partial charge is 0.261 e. The summed E-state index contributed by atoms with van der Waals surface area (Å²) < 4.78 is 55.1. The van der Waals surface area contributed by atoms with Gasteiger partial charge in [-0.3, -0.25) is 4.72 Å². The van der Waals surface area contributed by atoms with Crippen molar-refractivity contribution in [3.8, 4) is 11.1 Å². The van der Waals surface area contributed by atoms with E-state index >= 15 is 0 Å². The normalized spacial score (nSPS) is 11.4. The zero-order valence-corrected chi connectivity index (χ0v) is 15.8. The highest BCUT2D eigenvalue weighted by Crippen LogP contribution is 2.29. The van der Waals surface area contributed by atoms with Crippen molar-refractivity contribution in [1.82, 2.24) is 0 Å². The van der Waals surface area contributed by atoms with Crippen LogP contribution in [0.2, 0.25) is 0 Å². The highest BCUT2D eigenvalue weighted by atomic mass is 32.2. The van der Waals surface area contributed by atoms with E-state index in [-0.39, 0.29) is 10.5 Å². The maximum Gasteiger partial charge on any atom is 0.261 e. The van der Waals surface area contributed by atoms with Gasteiger partial charge in [-0.25, -0.2) is 17.2 Å². The highest BCUT2D eigenvalue weighted by Gasteiger charge is 2.17. The SMILES string of the molecule is CCc1cccc(NS(=O)(=O)c2ccc(-c3ccc(F)cc3F)c(C)c2)c1. The molecule has 0 heterocycles. The fraction of sp³-hybridized carbons (Fsp3) is 0.143. The van der Waals surface area contributed by atoms with E-state index in [2.05, 4.69) is 4.72 Å². The molecule has 1 N–H and O–H groups in total. The van der Waals surface area contributed by atoms with Crippen LogP contribution < -0.4 is 4.72 Å². The summed E-state index contributed by atoms with van der Waals surface area (Å²) in [6.07, 6.45) is 0.798. The summed E-state index contributed by atoms with van der Waals surface area (Å²) in [6.45, 7) is 3.68. The second-order valence-electron chi connectivity index (χ2n) is 6.26. The van der Waals surface area contributed by atoms with Crippen LogP contribution >= 0.6 is 0 Å². The van der Waals surface area contributed by atoms with Crippen molar-refractivity contribution in [3.63, 3.8) is 0 Å². The number of rotatable bonds is 5. The first kappa shape index (κ1) is 19.0. The minimum Gasteiger partial charge on any atom is -0.280 e. The van der Waals surface area contributed by atoms with Gasteiger partial charge in [-0.2, -0.15) is 0 Å². The Morgan fingerprint density at radius 3 is 2.33 bits per heavy atom. The van der Waals surface area contributed by atoms with Crippen LogP contribution in [0.4, 0.5) is 14.5 Å². The third-order valence-corrected chi connectivity index (χ3v) is 5.70. The lowest BCUT2D eigenvalue weighted by molar-refractivity contribution is 0.585. The highest BCUT2D eigenvalue weighted by molar-refractivity contribution is 7.92. The van der Waals surface area contributed by atoms with Crippen molar-refractivity contribution >= 4 is 15.7 Å². The van der Waals surface area contributed by atoms with Crippen LogP contribution in [-0.2, 0) is 16.4 Å². The summed E-state index contributed by atoms with van der Waals surface area (Å²) in [6, 6.07) is 14.9. The Labute approximate surface area is 157 Å². The molecular formula is C21H19F2NO2S. The minimum absolute atomic E-state index is 0.0770. The van der Waals surface area contributed by atoms with E-state index in [4.69, 9.17) is 0 Å². The molecule has 3 nitrogen and oxygen atoms in total. The van der Waals surface area contributed by atoms with Crippen LogP contribution in [0.5, 0.6) is 0 Å². The molecule has 0 aliphatic carbocycles. The predicted octanol–water partition coefficient (Wildman–Crippen LogP) is 5.30. The Kier molecular flexibility index (Phi) is 5.28. The van der Waals surface area contributed by atoms with Gasteiger partial charge in [0.25, 0.3) is 10.0 Å². The molecule has 0 atom stereocenters. The zero-order valence-electron chi connectivity index (χ0n) is 15.0. The fourth-order valence-electron chi connectivity index (χ4n) is 2.88. The van der Waals surface area contributed by atoms with E-state index in [0.29, 0.717) is 16.8 Å². The third-order valence-electron chi connectivity index (χ3n) is 4.32. The molecule has 6 heteroatoms. The molecule has 0 amide bonds. The number of hydrogen-bond acceptors (Lipinski definition) is 2. The Balaban J connectivity index is 1.94. The molecule has 0 spiro atoms. The van der Waals surface area contributed by atoms with Crippen molar-refractivity contribution in [2.24, 2.45) is 0 Å². The minimum atomic E-state index is -3.78. The van der Waals surface area contributed by atoms with E-state index in [1.807, 2.05) is 13.0 Å². The van der Waals surface area contributed by atoms with Crippen LogP contribution in [0.3, 0.4) is 0 Å². The van der Waals surface area contributed by atoms with Crippen LogP contribution in [0.25, 0.3) is 11.1 Å². The van der Waals surface area contributed by atoms with Crippen LogP contribution in [-0.4, -0.2) is 8.42 Å². The number of benzene rings is 3. The van der Waals surface area contributed by atoms with Crippen LogP contribution in [0.15, 0.2) is 65.6 Å². The molecule has 0 saturated heterocycles. The second kappa shape index (κ2) is 7.48. The van der Waals surface area contributed by atoms with Gasteiger partial charge in [-0.1, -0.05) is 25.1 Å². The number of nitrogens with one attached hydrogen (secondary N) is 1. The predicted molar refractivity (Wildman–Crippen MR) is 103 cm³/mol. The lowest BCUT2D eigenvalue weighted by atomic mass is 10.0. The quantitative estimate of drug-likeness (QED) is 0.645. The first-order valence-corrected chi connectivity index (χ1v) is 9.96. The van der Waals surface area contributed by atoms with Crippen LogP contribution in [0, 0.1) is 18.6 Å². The molecule has 3 aromatic carbocycles. The maximum atomic E-state index is 14.0. The fourth-order valence-corrected chi connectivity index (χ4v) is 4.02. The summed E-state index contributed by atoms with van der Waals surface area (Å²) in [5.74, 6) is -1.35. The summed E-state index contributed by atoms with van der Waals surface area (Å²) in [4.78, 5) is 0.0770. The number of halogens is 2. The van der Waals surface area contributed by atoms with E-state index < -0.39 is 21.7 Å². The van der Waals surface area contributed by atoms with E-state index in [1.165, 1.54) is 30.3 Å². The Bertz CT molecular complexity index is 1100. The van der Waals surface area contributed by atoms with Gasteiger partial charge >= 0.3 is 0 Å². The Morgan fingerprint density at radius 2 is 1.67 bits per heavy atom. The van der Waals surface area contributed by atoms with Crippen molar-refractivity contribution in [1.29, 1.82) is 0 Å². The van der Waals surface area contributed by atoms with E-state index in [1.54, 1.807) is 25.1 Å². The summed E-state index contributed by atoms with van der Waals surface area (Å²) in [5.41, 5.74) is 2.82. The van der Waals surface area contributed by atoms with Gasteiger partial charge in [0.05, 0.1) is 4.90 Å². The van der Waals surface area contributed by atoms with Gasteiger partial charge < -0.3 is 0 Å².